The number of hydrogen-bond acceptors (Lipinski definition) is 4. The van der Waals surface area contributed by atoms with Crippen LogP contribution in [-0.4, -0.2) is 20.4 Å². The first-order valence-electron chi connectivity index (χ1n) is 5.97. The molecule has 2 rings (SSSR count). The van der Waals surface area contributed by atoms with E-state index in [1.54, 1.807) is 48.5 Å². The highest BCUT2D eigenvalue weighted by Gasteiger charge is 2.13. The number of aliphatic hydroxyl groups is 4. The summed E-state index contributed by atoms with van der Waals surface area (Å²) < 4.78 is 0. The van der Waals surface area contributed by atoms with Crippen molar-refractivity contribution in [2.24, 2.45) is 0 Å². The van der Waals surface area contributed by atoms with Crippen LogP contribution in [0.15, 0.2) is 48.5 Å². The van der Waals surface area contributed by atoms with Crippen molar-refractivity contribution in [1.29, 1.82) is 0 Å². The summed E-state index contributed by atoms with van der Waals surface area (Å²) in [5, 5.41) is 37.3. The second-order valence-electron chi connectivity index (χ2n) is 4.32. The molecule has 0 heterocycles. The van der Waals surface area contributed by atoms with Crippen molar-refractivity contribution in [2.75, 3.05) is 0 Å². The van der Waals surface area contributed by atoms with Crippen molar-refractivity contribution in [3.8, 4) is 0 Å². The molecule has 0 aromatic heterocycles. The van der Waals surface area contributed by atoms with Crippen LogP contribution in [0.5, 0.6) is 0 Å². The monoisotopic (exact) mass is 260 g/mol. The normalized spacial score (nSPS) is 11.3. The maximum Gasteiger partial charge on any atom is 0.178 e. The van der Waals surface area contributed by atoms with Crippen molar-refractivity contribution >= 4 is 0 Å². The standard InChI is InChI=1S/C15H16O4/c16-14(17)12-7-3-1-5-10(12)9-11-6-2-4-8-13(11)15(18)19/h1-8,14-19H,9H2. The van der Waals surface area contributed by atoms with Crippen LogP contribution in [0.4, 0.5) is 0 Å². The Bertz CT molecular complexity index is 500. The molecule has 0 aliphatic carbocycles. The first kappa shape index (κ1) is 13.7. The van der Waals surface area contributed by atoms with Crippen LogP contribution in [0.1, 0.15) is 34.8 Å². The van der Waals surface area contributed by atoms with Crippen molar-refractivity contribution in [3.63, 3.8) is 0 Å². The average Bonchev–Trinajstić information content (AvgIpc) is 2.39. The van der Waals surface area contributed by atoms with Crippen LogP contribution in [0.3, 0.4) is 0 Å². The molecule has 4 N–H and O–H groups in total. The first-order valence-corrected chi connectivity index (χ1v) is 5.97. The fourth-order valence-corrected chi connectivity index (χ4v) is 2.10. The maximum absolute atomic E-state index is 9.32. The molecule has 0 bridgehead atoms. The number of rotatable bonds is 4. The van der Waals surface area contributed by atoms with E-state index in [1.807, 2.05) is 0 Å². The zero-order chi connectivity index (χ0) is 13.8. The summed E-state index contributed by atoms with van der Waals surface area (Å²) in [6.45, 7) is 0. The van der Waals surface area contributed by atoms with Gasteiger partial charge >= 0.3 is 0 Å². The van der Waals surface area contributed by atoms with Gasteiger partial charge in [0.15, 0.2) is 12.6 Å². The summed E-state index contributed by atoms with van der Waals surface area (Å²) >= 11 is 0. The fourth-order valence-electron chi connectivity index (χ4n) is 2.10. The van der Waals surface area contributed by atoms with Gasteiger partial charge in [-0.2, -0.15) is 0 Å². The maximum atomic E-state index is 9.32. The molecule has 2 aromatic rings. The Balaban J connectivity index is 2.37. The van der Waals surface area contributed by atoms with Gasteiger partial charge in [-0.15, -0.1) is 0 Å². The van der Waals surface area contributed by atoms with Gasteiger partial charge in [-0.1, -0.05) is 48.5 Å². The molecule has 100 valence electrons. The molecule has 0 spiro atoms. The highest BCUT2D eigenvalue weighted by atomic mass is 16.5. The lowest BCUT2D eigenvalue weighted by Crippen LogP contribution is -2.05. The van der Waals surface area contributed by atoms with E-state index >= 15 is 0 Å². The molecule has 0 aliphatic heterocycles. The SMILES string of the molecule is OC(O)c1ccccc1Cc1ccccc1C(O)O. The third-order valence-corrected chi connectivity index (χ3v) is 3.05. The van der Waals surface area contributed by atoms with E-state index in [9.17, 15) is 20.4 Å². The molecule has 0 saturated carbocycles. The van der Waals surface area contributed by atoms with Gasteiger partial charge in [-0.05, 0) is 17.5 Å². The second-order valence-corrected chi connectivity index (χ2v) is 4.32. The Labute approximate surface area is 111 Å². The van der Waals surface area contributed by atoms with Gasteiger partial charge in [0.2, 0.25) is 0 Å². The molecule has 0 amide bonds. The Morgan fingerprint density at radius 3 is 1.37 bits per heavy atom. The summed E-state index contributed by atoms with van der Waals surface area (Å²) in [5.74, 6) is 0. The minimum atomic E-state index is -1.54. The Kier molecular flexibility index (Phi) is 4.29. The Morgan fingerprint density at radius 2 is 1.00 bits per heavy atom. The van der Waals surface area contributed by atoms with E-state index in [-0.39, 0.29) is 0 Å². The van der Waals surface area contributed by atoms with Crippen LogP contribution >= 0.6 is 0 Å². The average molecular weight is 260 g/mol. The van der Waals surface area contributed by atoms with Crippen LogP contribution in [-0.2, 0) is 6.42 Å². The van der Waals surface area contributed by atoms with E-state index in [0.717, 1.165) is 11.1 Å². The molecule has 0 saturated heterocycles. The Hall–Kier alpha value is -1.72. The van der Waals surface area contributed by atoms with Crippen molar-refractivity contribution in [3.05, 3.63) is 70.8 Å². The van der Waals surface area contributed by atoms with Crippen LogP contribution in [0.2, 0.25) is 0 Å². The zero-order valence-electron chi connectivity index (χ0n) is 10.3. The van der Waals surface area contributed by atoms with E-state index in [1.165, 1.54) is 0 Å². The summed E-state index contributed by atoms with van der Waals surface area (Å²) in [6.07, 6.45) is -2.67. The molecule has 0 fully saturated rings. The predicted molar refractivity (Wildman–Crippen MR) is 70.0 cm³/mol. The Morgan fingerprint density at radius 1 is 0.632 bits per heavy atom. The first-order chi connectivity index (χ1) is 9.09. The summed E-state index contributed by atoms with van der Waals surface area (Å²) in [5.41, 5.74) is 2.32. The van der Waals surface area contributed by atoms with Gasteiger partial charge in [0.25, 0.3) is 0 Å². The lowest BCUT2D eigenvalue weighted by Gasteiger charge is -2.14. The lowest BCUT2D eigenvalue weighted by atomic mass is 9.96. The molecule has 19 heavy (non-hydrogen) atoms. The quantitative estimate of drug-likeness (QED) is 0.624. The fraction of sp³-hybridized carbons (Fsp3) is 0.200. The number of benzene rings is 2. The van der Waals surface area contributed by atoms with Crippen molar-refractivity contribution < 1.29 is 20.4 Å². The minimum Gasteiger partial charge on any atom is -0.364 e. The van der Waals surface area contributed by atoms with Crippen molar-refractivity contribution in [2.45, 2.75) is 19.0 Å². The highest BCUT2D eigenvalue weighted by Crippen LogP contribution is 2.23. The second kappa shape index (κ2) is 5.95. The third kappa shape index (κ3) is 3.19. The summed E-state index contributed by atoms with van der Waals surface area (Å²) in [7, 11) is 0. The predicted octanol–water partition coefficient (Wildman–Crippen LogP) is 1.24. The zero-order valence-corrected chi connectivity index (χ0v) is 10.3. The topological polar surface area (TPSA) is 80.9 Å². The van der Waals surface area contributed by atoms with E-state index in [2.05, 4.69) is 0 Å². The van der Waals surface area contributed by atoms with Crippen LogP contribution in [0.25, 0.3) is 0 Å². The molecule has 4 nitrogen and oxygen atoms in total. The van der Waals surface area contributed by atoms with Crippen molar-refractivity contribution in [1.82, 2.24) is 0 Å². The highest BCUT2D eigenvalue weighted by molar-refractivity contribution is 5.37. The van der Waals surface area contributed by atoms with Crippen LogP contribution < -0.4 is 0 Å². The van der Waals surface area contributed by atoms with Gasteiger partial charge in [0.1, 0.15) is 0 Å². The van der Waals surface area contributed by atoms with E-state index in [4.69, 9.17) is 0 Å². The smallest absolute Gasteiger partial charge is 0.178 e. The summed E-state index contributed by atoms with van der Waals surface area (Å²) in [4.78, 5) is 0. The molecular formula is C15H16O4. The molecule has 0 atom stereocenters. The van der Waals surface area contributed by atoms with E-state index in [0.29, 0.717) is 17.5 Å². The lowest BCUT2D eigenvalue weighted by molar-refractivity contribution is -0.0432. The van der Waals surface area contributed by atoms with Gasteiger partial charge in [-0.25, -0.2) is 0 Å². The number of hydrogen-bond donors (Lipinski definition) is 4. The summed E-state index contributed by atoms with van der Waals surface area (Å²) in [6, 6.07) is 13.9. The largest absolute Gasteiger partial charge is 0.364 e. The number of aliphatic hydroxyl groups excluding tert-OH is 2. The molecule has 4 heteroatoms. The van der Waals surface area contributed by atoms with Gasteiger partial charge in [0.05, 0.1) is 0 Å². The molecule has 0 radical (unpaired) electrons. The molecular weight excluding hydrogens is 244 g/mol. The third-order valence-electron chi connectivity index (χ3n) is 3.05. The molecule has 0 unspecified atom stereocenters. The van der Waals surface area contributed by atoms with Gasteiger partial charge in [-0.3, -0.25) is 0 Å². The molecule has 0 aliphatic rings. The molecule has 2 aromatic carbocycles. The van der Waals surface area contributed by atoms with Crippen LogP contribution in [0, 0.1) is 0 Å². The van der Waals surface area contributed by atoms with Gasteiger partial charge in [0, 0.05) is 11.1 Å². The minimum absolute atomic E-state index is 0.404. The van der Waals surface area contributed by atoms with E-state index < -0.39 is 12.6 Å². The van der Waals surface area contributed by atoms with Gasteiger partial charge < -0.3 is 20.4 Å².